The molecule has 1 aliphatic heterocycles. The number of Topliss-reactive ketones (excluding diaryl/α,β-unsaturated/α-hetero) is 1. The van der Waals surface area contributed by atoms with Gasteiger partial charge in [0.15, 0.2) is 0 Å². The minimum Gasteiger partial charge on any atom is -0.316 e. The lowest BCUT2D eigenvalue weighted by atomic mass is 9.99. The molecule has 16 heavy (non-hydrogen) atoms. The van der Waals surface area contributed by atoms with Gasteiger partial charge in [0.25, 0.3) is 0 Å². The van der Waals surface area contributed by atoms with Gasteiger partial charge in [-0.3, -0.25) is 9.48 Å². The topological polar surface area (TPSA) is 46.9 Å². The molecule has 0 aromatic carbocycles. The Kier molecular flexibility index (Phi) is 3.72. The third kappa shape index (κ3) is 3.17. The van der Waals surface area contributed by atoms with Crippen LogP contribution in [0, 0.1) is 5.92 Å². The van der Waals surface area contributed by atoms with E-state index in [4.69, 9.17) is 0 Å². The van der Waals surface area contributed by atoms with Crippen molar-refractivity contribution in [1.29, 1.82) is 0 Å². The van der Waals surface area contributed by atoms with E-state index in [-0.39, 0.29) is 0 Å². The summed E-state index contributed by atoms with van der Waals surface area (Å²) in [6, 6.07) is 0. The van der Waals surface area contributed by atoms with E-state index in [1.807, 2.05) is 13.2 Å². The Morgan fingerprint density at radius 3 is 3.19 bits per heavy atom. The van der Waals surface area contributed by atoms with Crippen LogP contribution in [0.3, 0.4) is 0 Å². The molecule has 0 aliphatic carbocycles. The zero-order valence-electron chi connectivity index (χ0n) is 9.78. The molecule has 4 heteroatoms. The lowest BCUT2D eigenvalue weighted by molar-refractivity contribution is -0.118. The Morgan fingerprint density at radius 2 is 2.56 bits per heavy atom. The van der Waals surface area contributed by atoms with Crippen LogP contribution in [0.15, 0.2) is 12.4 Å². The standard InChI is InChI=1S/C12H19N3O/c1-15-9-11(8-14-15)6-12(16)3-2-10-4-5-13-7-10/h8-10,13H,2-7H2,1H3. The first-order chi connectivity index (χ1) is 7.74. The van der Waals surface area contributed by atoms with Crippen molar-refractivity contribution in [2.24, 2.45) is 13.0 Å². The summed E-state index contributed by atoms with van der Waals surface area (Å²) in [6.07, 6.45) is 7.19. The summed E-state index contributed by atoms with van der Waals surface area (Å²) < 4.78 is 1.74. The zero-order chi connectivity index (χ0) is 11.4. The molecule has 4 nitrogen and oxygen atoms in total. The lowest BCUT2D eigenvalue weighted by Gasteiger charge is -2.06. The average molecular weight is 221 g/mol. The number of carbonyl (C=O) groups excluding carboxylic acids is 1. The highest BCUT2D eigenvalue weighted by molar-refractivity contribution is 5.80. The summed E-state index contributed by atoms with van der Waals surface area (Å²) in [5.41, 5.74) is 1.03. The smallest absolute Gasteiger partial charge is 0.137 e. The van der Waals surface area contributed by atoms with Crippen LogP contribution in [-0.2, 0) is 18.3 Å². The van der Waals surface area contributed by atoms with Crippen molar-refractivity contribution >= 4 is 5.78 Å². The molecule has 0 saturated carbocycles. The second-order valence-electron chi connectivity index (χ2n) is 4.64. The molecule has 88 valence electrons. The van der Waals surface area contributed by atoms with Crippen LogP contribution in [0.1, 0.15) is 24.8 Å². The predicted molar refractivity (Wildman–Crippen MR) is 62.1 cm³/mol. The van der Waals surface area contributed by atoms with Gasteiger partial charge in [-0.1, -0.05) is 0 Å². The van der Waals surface area contributed by atoms with Gasteiger partial charge >= 0.3 is 0 Å². The molecule has 1 fully saturated rings. The number of nitrogens with zero attached hydrogens (tertiary/aromatic N) is 2. The Hall–Kier alpha value is -1.16. The van der Waals surface area contributed by atoms with E-state index in [1.54, 1.807) is 10.9 Å². The Balaban J connectivity index is 1.71. The Labute approximate surface area is 96.0 Å². The fourth-order valence-electron chi connectivity index (χ4n) is 2.21. The van der Waals surface area contributed by atoms with Crippen LogP contribution in [0.4, 0.5) is 0 Å². The molecule has 2 heterocycles. The van der Waals surface area contributed by atoms with E-state index in [0.29, 0.717) is 24.5 Å². The maximum atomic E-state index is 11.7. The first-order valence-corrected chi connectivity index (χ1v) is 5.94. The van der Waals surface area contributed by atoms with E-state index in [1.165, 1.54) is 6.42 Å². The summed E-state index contributed by atoms with van der Waals surface area (Å²) in [4.78, 5) is 11.7. The van der Waals surface area contributed by atoms with Crippen LogP contribution in [0.25, 0.3) is 0 Å². The minimum absolute atomic E-state index is 0.333. The van der Waals surface area contributed by atoms with Crippen molar-refractivity contribution in [1.82, 2.24) is 15.1 Å². The van der Waals surface area contributed by atoms with Gasteiger partial charge in [-0.2, -0.15) is 5.10 Å². The van der Waals surface area contributed by atoms with Gasteiger partial charge in [0.2, 0.25) is 0 Å². The number of nitrogens with one attached hydrogen (secondary N) is 1. The van der Waals surface area contributed by atoms with Crippen molar-refractivity contribution in [2.45, 2.75) is 25.7 Å². The molecule has 0 amide bonds. The third-order valence-electron chi connectivity index (χ3n) is 3.15. The lowest BCUT2D eigenvalue weighted by Crippen LogP contribution is -2.11. The fourth-order valence-corrected chi connectivity index (χ4v) is 2.21. The van der Waals surface area contributed by atoms with Crippen LogP contribution >= 0.6 is 0 Å². The van der Waals surface area contributed by atoms with Gasteiger partial charge in [-0.05, 0) is 37.4 Å². The third-order valence-corrected chi connectivity index (χ3v) is 3.15. The number of carbonyl (C=O) groups is 1. The monoisotopic (exact) mass is 221 g/mol. The van der Waals surface area contributed by atoms with Crippen LogP contribution in [0.5, 0.6) is 0 Å². The highest BCUT2D eigenvalue weighted by Gasteiger charge is 2.15. The van der Waals surface area contributed by atoms with Crippen molar-refractivity contribution in [3.63, 3.8) is 0 Å². The maximum Gasteiger partial charge on any atom is 0.137 e. The number of hydrogen-bond donors (Lipinski definition) is 1. The average Bonchev–Trinajstić information content (AvgIpc) is 2.87. The first-order valence-electron chi connectivity index (χ1n) is 5.94. The van der Waals surface area contributed by atoms with Gasteiger partial charge in [0, 0.05) is 26.1 Å². The highest BCUT2D eigenvalue weighted by Crippen LogP contribution is 2.15. The molecule has 0 spiro atoms. The minimum atomic E-state index is 0.333. The highest BCUT2D eigenvalue weighted by atomic mass is 16.1. The Bertz CT molecular complexity index is 353. The van der Waals surface area contributed by atoms with Gasteiger partial charge in [-0.25, -0.2) is 0 Å². The van der Waals surface area contributed by atoms with Crippen LogP contribution in [-0.4, -0.2) is 28.7 Å². The molecule has 1 aromatic rings. The van der Waals surface area contributed by atoms with E-state index < -0.39 is 0 Å². The first kappa shape index (κ1) is 11.3. The molecule has 0 bridgehead atoms. The summed E-state index contributed by atoms with van der Waals surface area (Å²) in [6.45, 7) is 2.20. The summed E-state index contributed by atoms with van der Waals surface area (Å²) in [7, 11) is 1.87. The molecule has 0 radical (unpaired) electrons. The van der Waals surface area contributed by atoms with E-state index in [9.17, 15) is 4.79 Å². The summed E-state index contributed by atoms with van der Waals surface area (Å²) >= 11 is 0. The Morgan fingerprint density at radius 1 is 1.69 bits per heavy atom. The summed E-state index contributed by atoms with van der Waals surface area (Å²) in [5.74, 6) is 1.04. The van der Waals surface area contributed by atoms with Crippen molar-refractivity contribution in [3.8, 4) is 0 Å². The number of rotatable bonds is 5. The van der Waals surface area contributed by atoms with Crippen molar-refractivity contribution < 1.29 is 4.79 Å². The van der Waals surface area contributed by atoms with Gasteiger partial charge in [0.1, 0.15) is 5.78 Å². The normalized spacial score (nSPS) is 20.2. The quantitative estimate of drug-likeness (QED) is 0.804. The molecule has 1 unspecified atom stereocenters. The molecule has 2 rings (SSSR count). The molecule has 1 atom stereocenters. The molecule has 1 aliphatic rings. The fraction of sp³-hybridized carbons (Fsp3) is 0.667. The number of aromatic nitrogens is 2. The van der Waals surface area contributed by atoms with Gasteiger partial charge in [-0.15, -0.1) is 0 Å². The van der Waals surface area contributed by atoms with Crippen molar-refractivity contribution in [2.75, 3.05) is 13.1 Å². The van der Waals surface area contributed by atoms with Gasteiger partial charge in [0.05, 0.1) is 6.20 Å². The van der Waals surface area contributed by atoms with Crippen LogP contribution < -0.4 is 5.32 Å². The zero-order valence-corrected chi connectivity index (χ0v) is 9.78. The van der Waals surface area contributed by atoms with Crippen LogP contribution in [0.2, 0.25) is 0 Å². The molecular weight excluding hydrogens is 202 g/mol. The van der Waals surface area contributed by atoms with Crippen molar-refractivity contribution in [3.05, 3.63) is 18.0 Å². The maximum absolute atomic E-state index is 11.7. The second-order valence-corrected chi connectivity index (χ2v) is 4.64. The summed E-state index contributed by atoms with van der Waals surface area (Å²) in [5, 5.41) is 7.39. The number of aryl methyl sites for hydroxylation is 1. The van der Waals surface area contributed by atoms with E-state index >= 15 is 0 Å². The van der Waals surface area contributed by atoms with Gasteiger partial charge < -0.3 is 5.32 Å². The SMILES string of the molecule is Cn1cc(CC(=O)CCC2CCNC2)cn1. The predicted octanol–water partition coefficient (Wildman–Crippen LogP) is 0.921. The molecular formula is C12H19N3O. The van der Waals surface area contributed by atoms with E-state index in [0.717, 1.165) is 25.1 Å². The number of ketones is 1. The molecule has 1 aromatic heterocycles. The van der Waals surface area contributed by atoms with E-state index in [2.05, 4.69) is 10.4 Å². The largest absolute Gasteiger partial charge is 0.316 e. The molecule has 1 saturated heterocycles. The number of hydrogen-bond acceptors (Lipinski definition) is 3. The second kappa shape index (κ2) is 5.25. The molecule has 1 N–H and O–H groups in total.